The zero-order chi connectivity index (χ0) is 20.9. The summed E-state index contributed by atoms with van der Waals surface area (Å²) in [5.41, 5.74) is 3.98. The van der Waals surface area contributed by atoms with Crippen LogP contribution in [0.2, 0.25) is 5.02 Å². The number of rotatable bonds is 6. The molecule has 1 N–H and O–H groups in total. The summed E-state index contributed by atoms with van der Waals surface area (Å²) in [4.78, 5) is 16.9. The molecule has 0 aliphatic heterocycles. The molecule has 2 aromatic carbocycles. The van der Waals surface area contributed by atoms with Crippen LogP contribution in [0.15, 0.2) is 79.1 Å². The van der Waals surface area contributed by atoms with Crippen molar-refractivity contribution in [3.05, 3.63) is 101 Å². The van der Waals surface area contributed by atoms with Gasteiger partial charge in [-0.3, -0.25) is 4.79 Å². The number of halogens is 1. The van der Waals surface area contributed by atoms with E-state index in [9.17, 15) is 4.79 Å². The lowest BCUT2D eigenvalue weighted by Gasteiger charge is -2.09. The summed E-state index contributed by atoms with van der Waals surface area (Å²) >= 11 is 5.95. The van der Waals surface area contributed by atoms with Crippen LogP contribution in [0.5, 0.6) is 5.75 Å². The molecule has 0 atom stereocenters. The molecule has 1 amide bonds. The van der Waals surface area contributed by atoms with Gasteiger partial charge in [0, 0.05) is 30.0 Å². The lowest BCUT2D eigenvalue weighted by atomic mass is 10.0. The normalized spacial score (nSPS) is 11.5. The Bertz CT molecular complexity index is 1160. The maximum absolute atomic E-state index is 12.4. The summed E-state index contributed by atoms with van der Waals surface area (Å²) in [7, 11) is 1.62. The number of ether oxygens (including phenoxy) is 1. The summed E-state index contributed by atoms with van der Waals surface area (Å²) in [6.45, 7) is 0.365. The van der Waals surface area contributed by atoms with E-state index in [2.05, 4.69) is 10.3 Å². The first-order valence-corrected chi connectivity index (χ1v) is 9.85. The van der Waals surface area contributed by atoms with Crippen LogP contribution in [0.25, 0.3) is 17.3 Å². The molecule has 0 aliphatic rings. The van der Waals surface area contributed by atoms with Crippen molar-refractivity contribution >= 4 is 34.8 Å². The third-order valence-electron chi connectivity index (χ3n) is 4.62. The number of pyridine rings is 1. The summed E-state index contributed by atoms with van der Waals surface area (Å²) in [6.07, 6.45) is 5.73. The number of benzene rings is 2. The van der Waals surface area contributed by atoms with Gasteiger partial charge in [-0.1, -0.05) is 41.9 Å². The molecule has 150 valence electrons. The van der Waals surface area contributed by atoms with Crippen molar-refractivity contribution in [1.29, 1.82) is 0 Å². The van der Waals surface area contributed by atoms with Gasteiger partial charge in [0.05, 0.1) is 5.69 Å². The Morgan fingerprint density at radius 1 is 1.10 bits per heavy atom. The van der Waals surface area contributed by atoms with Crippen LogP contribution >= 0.6 is 11.6 Å². The van der Waals surface area contributed by atoms with Gasteiger partial charge in [0.15, 0.2) is 0 Å². The molecule has 0 fully saturated rings. The molecule has 0 saturated carbocycles. The lowest BCUT2D eigenvalue weighted by Crippen LogP contribution is -2.19. The summed E-state index contributed by atoms with van der Waals surface area (Å²) in [5.74, 6) is 0.543. The van der Waals surface area contributed by atoms with Crippen LogP contribution < -0.4 is 10.1 Å². The minimum atomic E-state index is -0.164. The number of aromatic nitrogens is 2. The van der Waals surface area contributed by atoms with Gasteiger partial charge in [-0.2, -0.15) is 0 Å². The molecular weight excluding hydrogens is 398 g/mol. The van der Waals surface area contributed by atoms with Gasteiger partial charge in [0.2, 0.25) is 0 Å². The van der Waals surface area contributed by atoms with E-state index >= 15 is 0 Å². The first-order valence-electron chi connectivity index (χ1n) is 9.47. The van der Waals surface area contributed by atoms with Crippen LogP contribution in [-0.2, 0) is 11.4 Å². The van der Waals surface area contributed by atoms with Gasteiger partial charge in [0.1, 0.15) is 18.0 Å². The first-order chi connectivity index (χ1) is 14.6. The van der Waals surface area contributed by atoms with E-state index in [4.69, 9.17) is 16.3 Å². The standard InChI is InChI=1S/C24H20ClN3O2/c1-26-24(29)22(14-17-5-9-19(25)10-6-17)18-7-11-21(12-8-18)30-16-20-15-28-13-3-2-4-23(28)27-20/h2-15H,16H2,1H3,(H,26,29). The predicted octanol–water partition coefficient (Wildman–Crippen LogP) is 4.85. The highest BCUT2D eigenvalue weighted by molar-refractivity contribution is 6.30. The van der Waals surface area contributed by atoms with Crippen molar-refractivity contribution < 1.29 is 9.53 Å². The van der Waals surface area contributed by atoms with E-state index < -0.39 is 0 Å². The van der Waals surface area contributed by atoms with Gasteiger partial charge < -0.3 is 14.5 Å². The number of hydrogen-bond donors (Lipinski definition) is 1. The predicted molar refractivity (Wildman–Crippen MR) is 119 cm³/mol. The summed E-state index contributed by atoms with van der Waals surface area (Å²) in [5, 5.41) is 3.35. The third-order valence-corrected chi connectivity index (χ3v) is 4.87. The molecule has 0 radical (unpaired) electrons. The van der Waals surface area contributed by atoms with Gasteiger partial charge >= 0.3 is 0 Å². The average molecular weight is 418 g/mol. The second kappa shape index (κ2) is 8.84. The second-order valence-corrected chi connectivity index (χ2v) is 7.14. The minimum Gasteiger partial charge on any atom is -0.487 e. The first kappa shape index (κ1) is 19.7. The zero-order valence-corrected chi connectivity index (χ0v) is 17.1. The van der Waals surface area contributed by atoms with E-state index in [1.807, 2.05) is 77.5 Å². The fourth-order valence-electron chi connectivity index (χ4n) is 3.09. The Hall–Kier alpha value is -3.57. The Morgan fingerprint density at radius 2 is 1.87 bits per heavy atom. The van der Waals surface area contributed by atoms with Crippen molar-refractivity contribution in [2.45, 2.75) is 6.61 Å². The highest BCUT2D eigenvalue weighted by Gasteiger charge is 2.11. The smallest absolute Gasteiger partial charge is 0.251 e. The van der Waals surface area contributed by atoms with E-state index in [0.717, 1.165) is 22.5 Å². The molecule has 2 heterocycles. The van der Waals surface area contributed by atoms with Gasteiger partial charge in [0.25, 0.3) is 5.91 Å². The van der Waals surface area contributed by atoms with Gasteiger partial charge in [-0.05, 0) is 53.6 Å². The highest BCUT2D eigenvalue weighted by Crippen LogP contribution is 2.23. The molecule has 6 heteroatoms. The van der Waals surface area contributed by atoms with Crippen molar-refractivity contribution in [2.24, 2.45) is 0 Å². The van der Waals surface area contributed by atoms with Crippen LogP contribution in [0, 0.1) is 0 Å². The molecule has 0 unspecified atom stereocenters. The molecule has 4 aromatic rings. The number of likely N-dealkylation sites (N-methyl/N-ethyl adjacent to an activating group) is 1. The number of amides is 1. The van der Waals surface area contributed by atoms with Gasteiger partial charge in [-0.15, -0.1) is 0 Å². The Balaban J connectivity index is 1.51. The Morgan fingerprint density at radius 3 is 2.57 bits per heavy atom. The van der Waals surface area contributed by atoms with Crippen LogP contribution in [-0.4, -0.2) is 22.3 Å². The lowest BCUT2D eigenvalue weighted by molar-refractivity contribution is -0.115. The maximum atomic E-state index is 12.4. The second-order valence-electron chi connectivity index (χ2n) is 6.70. The number of nitrogens with zero attached hydrogens (tertiary/aromatic N) is 2. The maximum Gasteiger partial charge on any atom is 0.251 e. The van der Waals surface area contributed by atoms with Crippen molar-refractivity contribution in [3.8, 4) is 5.75 Å². The number of fused-ring (bicyclic) bond motifs is 1. The van der Waals surface area contributed by atoms with Crippen LogP contribution in [0.1, 0.15) is 16.8 Å². The SMILES string of the molecule is CNC(=O)C(=Cc1ccc(Cl)cc1)c1ccc(OCc2cn3ccccc3n2)cc1. The molecule has 0 spiro atoms. The van der Waals surface area contributed by atoms with Crippen LogP contribution in [0.3, 0.4) is 0 Å². The van der Waals surface area contributed by atoms with E-state index in [1.165, 1.54) is 0 Å². The number of nitrogens with one attached hydrogen (secondary N) is 1. The zero-order valence-electron chi connectivity index (χ0n) is 16.4. The molecule has 5 nitrogen and oxygen atoms in total. The number of hydrogen-bond acceptors (Lipinski definition) is 3. The molecule has 4 rings (SSSR count). The Labute approximate surface area is 179 Å². The fourth-order valence-corrected chi connectivity index (χ4v) is 3.21. The Kier molecular flexibility index (Phi) is 5.82. The van der Waals surface area contributed by atoms with Crippen molar-refractivity contribution in [2.75, 3.05) is 7.05 Å². The summed E-state index contributed by atoms with van der Waals surface area (Å²) in [6, 6.07) is 20.6. The average Bonchev–Trinajstić information content (AvgIpc) is 3.20. The third kappa shape index (κ3) is 4.53. The van der Waals surface area contributed by atoms with E-state index in [0.29, 0.717) is 23.0 Å². The monoisotopic (exact) mass is 417 g/mol. The quantitative estimate of drug-likeness (QED) is 0.360. The highest BCUT2D eigenvalue weighted by atomic mass is 35.5. The molecule has 0 saturated heterocycles. The fraction of sp³-hybridized carbons (Fsp3) is 0.0833. The number of carbonyl (C=O) groups excluding carboxylic acids is 1. The molecule has 0 aliphatic carbocycles. The topological polar surface area (TPSA) is 55.6 Å². The van der Waals surface area contributed by atoms with E-state index in [-0.39, 0.29) is 5.91 Å². The molecule has 30 heavy (non-hydrogen) atoms. The van der Waals surface area contributed by atoms with Gasteiger partial charge in [-0.25, -0.2) is 4.98 Å². The number of imidazole rings is 1. The number of carbonyl (C=O) groups is 1. The van der Waals surface area contributed by atoms with Crippen molar-refractivity contribution in [3.63, 3.8) is 0 Å². The molecular formula is C24H20ClN3O2. The van der Waals surface area contributed by atoms with Crippen molar-refractivity contribution in [1.82, 2.24) is 14.7 Å². The largest absolute Gasteiger partial charge is 0.487 e. The molecule has 0 bridgehead atoms. The molecule has 2 aromatic heterocycles. The minimum absolute atomic E-state index is 0.164. The van der Waals surface area contributed by atoms with Crippen LogP contribution in [0.4, 0.5) is 0 Å². The van der Waals surface area contributed by atoms with E-state index in [1.54, 1.807) is 19.2 Å². The summed E-state index contributed by atoms with van der Waals surface area (Å²) < 4.78 is 7.82.